The Morgan fingerprint density at radius 3 is 2.59 bits per heavy atom. The lowest BCUT2D eigenvalue weighted by Crippen LogP contribution is -2.41. The van der Waals surface area contributed by atoms with Crippen molar-refractivity contribution in [3.05, 3.63) is 45.4 Å². The summed E-state index contributed by atoms with van der Waals surface area (Å²) < 4.78 is 5.68. The van der Waals surface area contributed by atoms with Crippen LogP contribution in [0.3, 0.4) is 0 Å². The SMILES string of the molecule is C[n+]1[nH]oc(=O)c1C(=O)Nc1ccc(Cl)cc1. The second-order valence-electron chi connectivity index (χ2n) is 3.35. The van der Waals surface area contributed by atoms with E-state index in [1.54, 1.807) is 24.3 Å². The third-order valence-corrected chi connectivity index (χ3v) is 2.37. The summed E-state index contributed by atoms with van der Waals surface area (Å²) in [6, 6.07) is 6.54. The fourth-order valence-electron chi connectivity index (χ4n) is 1.31. The zero-order valence-electron chi connectivity index (χ0n) is 8.86. The van der Waals surface area contributed by atoms with Crippen LogP contribution in [0.2, 0.25) is 5.02 Å². The van der Waals surface area contributed by atoms with Gasteiger partial charge in [0.2, 0.25) is 0 Å². The second kappa shape index (κ2) is 4.42. The standard InChI is InChI=1S/C10H8ClN3O3/c1-14-8(10(16)17-13-14)9(15)12-7-4-2-6(11)3-5-7/h2-5H,1H3,(H-,12,13,15,16)/p+1. The summed E-state index contributed by atoms with van der Waals surface area (Å²) >= 11 is 5.71. The van der Waals surface area contributed by atoms with Gasteiger partial charge in [0.15, 0.2) is 7.05 Å². The van der Waals surface area contributed by atoms with E-state index < -0.39 is 11.5 Å². The van der Waals surface area contributed by atoms with Gasteiger partial charge in [0.25, 0.3) is 0 Å². The number of aromatic nitrogens is 2. The molecule has 7 heteroatoms. The molecule has 2 N–H and O–H groups in total. The lowest BCUT2D eigenvalue weighted by Gasteiger charge is -2.00. The van der Waals surface area contributed by atoms with Gasteiger partial charge in [-0.15, -0.1) is 0 Å². The van der Waals surface area contributed by atoms with Crippen LogP contribution in [-0.2, 0) is 7.05 Å². The molecule has 0 saturated heterocycles. The Morgan fingerprint density at radius 2 is 2.06 bits per heavy atom. The fraction of sp³-hybridized carbons (Fsp3) is 0.100. The van der Waals surface area contributed by atoms with Gasteiger partial charge in [0, 0.05) is 10.7 Å². The molecule has 0 aliphatic rings. The van der Waals surface area contributed by atoms with Gasteiger partial charge < -0.3 is 5.32 Å². The Balaban J connectivity index is 2.23. The lowest BCUT2D eigenvalue weighted by atomic mass is 10.3. The minimum absolute atomic E-state index is 0.111. The average Bonchev–Trinajstić information content (AvgIpc) is 2.62. The normalized spacial score (nSPS) is 10.2. The topological polar surface area (TPSA) is 79.0 Å². The average molecular weight is 255 g/mol. The van der Waals surface area contributed by atoms with E-state index in [1.807, 2.05) is 0 Å². The zero-order chi connectivity index (χ0) is 12.4. The number of carbonyl (C=O) groups is 1. The number of benzene rings is 1. The van der Waals surface area contributed by atoms with Gasteiger partial charge >= 0.3 is 17.2 Å². The van der Waals surface area contributed by atoms with Gasteiger partial charge in [-0.1, -0.05) is 16.3 Å². The number of aryl methyl sites for hydroxylation is 1. The first-order chi connectivity index (χ1) is 8.08. The molecule has 2 rings (SSSR count). The van der Waals surface area contributed by atoms with Crippen molar-refractivity contribution in [2.24, 2.45) is 7.05 Å². The largest absolute Gasteiger partial charge is 0.440 e. The zero-order valence-corrected chi connectivity index (χ0v) is 9.62. The Kier molecular flexibility index (Phi) is 2.97. The van der Waals surface area contributed by atoms with Gasteiger partial charge in [-0.25, -0.2) is 4.79 Å². The first-order valence-electron chi connectivity index (χ1n) is 4.72. The van der Waals surface area contributed by atoms with Crippen LogP contribution in [0.4, 0.5) is 5.69 Å². The third-order valence-electron chi connectivity index (χ3n) is 2.12. The van der Waals surface area contributed by atoms with Crippen molar-refractivity contribution >= 4 is 23.2 Å². The predicted octanol–water partition coefficient (Wildman–Crippen LogP) is 0.698. The number of carbonyl (C=O) groups excluding carboxylic acids is 1. The number of amides is 1. The molecular weight excluding hydrogens is 246 g/mol. The van der Waals surface area contributed by atoms with E-state index in [4.69, 9.17) is 11.6 Å². The Bertz CT molecular complexity index is 600. The molecule has 0 fully saturated rings. The van der Waals surface area contributed by atoms with Crippen LogP contribution in [0.25, 0.3) is 0 Å². The van der Waals surface area contributed by atoms with Gasteiger partial charge in [-0.3, -0.25) is 9.32 Å². The number of hydrogen-bond donors (Lipinski definition) is 2. The number of rotatable bonds is 2. The lowest BCUT2D eigenvalue weighted by molar-refractivity contribution is -0.741. The highest BCUT2D eigenvalue weighted by atomic mass is 35.5. The molecule has 0 radical (unpaired) electrons. The molecule has 1 aromatic heterocycles. The summed E-state index contributed by atoms with van der Waals surface area (Å²) in [6.45, 7) is 0. The number of nitrogens with zero attached hydrogens (tertiary/aromatic N) is 1. The van der Waals surface area contributed by atoms with Crippen molar-refractivity contribution in [3.8, 4) is 0 Å². The molecular formula is C10H9ClN3O3+. The second-order valence-corrected chi connectivity index (χ2v) is 3.79. The molecule has 0 spiro atoms. The molecule has 17 heavy (non-hydrogen) atoms. The van der Waals surface area contributed by atoms with E-state index in [0.29, 0.717) is 10.7 Å². The van der Waals surface area contributed by atoms with E-state index in [0.717, 1.165) is 0 Å². The highest BCUT2D eigenvalue weighted by Gasteiger charge is 2.26. The summed E-state index contributed by atoms with van der Waals surface area (Å²) in [6.07, 6.45) is 0. The molecule has 0 aliphatic carbocycles. The molecule has 0 atom stereocenters. The number of nitrogens with one attached hydrogen (secondary N) is 2. The van der Waals surface area contributed by atoms with E-state index in [1.165, 1.54) is 11.7 Å². The summed E-state index contributed by atoms with van der Waals surface area (Å²) in [5, 5.41) is 5.38. The Labute approximate surface area is 101 Å². The van der Waals surface area contributed by atoms with Crippen LogP contribution in [0.1, 0.15) is 10.5 Å². The van der Waals surface area contributed by atoms with Crippen LogP contribution in [-0.4, -0.2) is 11.2 Å². The molecule has 6 nitrogen and oxygen atoms in total. The molecule has 2 aromatic rings. The van der Waals surface area contributed by atoms with E-state index in [-0.39, 0.29) is 5.69 Å². The predicted molar refractivity (Wildman–Crippen MR) is 59.9 cm³/mol. The molecule has 1 heterocycles. The Hall–Kier alpha value is -2.08. The molecule has 0 unspecified atom stereocenters. The number of hydrogen-bond acceptors (Lipinski definition) is 3. The highest BCUT2D eigenvalue weighted by molar-refractivity contribution is 6.30. The van der Waals surface area contributed by atoms with Crippen molar-refractivity contribution in [2.75, 3.05) is 5.32 Å². The van der Waals surface area contributed by atoms with Crippen LogP contribution >= 0.6 is 11.6 Å². The van der Waals surface area contributed by atoms with E-state index in [2.05, 4.69) is 15.1 Å². The van der Waals surface area contributed by atoms with Crippen LogP contribution < -0.4 is 15.6 Å². The van der Waals surface area contributed by atoms with Crippen molar-refractivity contribution < 1.29 is 14.0 Å². The maximum absolute atomic E-state index is 11.8. The molecule has 0 aliphatic heterocycles. The van der Waals surface area contributed by atoms with Crippen LogP contribution in [0.15, 0.2) is 33.6 Å². The summed E-state index contributed by atoms with van der Waals surface area (Å²) in [4.78, 5) is 23.0. The van der Waals surface area contributed by atoms with E-state index >= 15 is 0 Å². The number of anilines is 1. The quantitative estimate of drug-likeness (QED) is 0.775. The number of H-pyrrole nitrogens is 1. The number of halogens is 1. The van der Waals surface area contributed by atoms with Gasteiger partial charge in [-0.2, -0.15) is 0 Å². The summed E-state index contributed by atoms with van der Waals surface area (Å²) in [5.41, 5.74) is -0.293. The minimum atomic E-state index is -0.723. The summed E-state index contributed by atoms with van der Waals surface area (Å²) in [7, 11) is 1.50. The maximum Gasteiger partial charge on any atom is 0.440 e. The highest BCUT2D eigenvalue weighted by Crippen LogP contribution is 2.13. The first kappa shape index (κ1) is 11.4. The smallest absolute Gasteiger partial charge is 0.316 e. The van der Waals surface area contributed by atoms with Gasteiger partial charge in [0.05, 0.1) is 0 Å². The molecule has 0 saturated carbocycles. The number of aromatic amines is 1. The van der Waals surface area contributed by atoms with Crippen LogP contribution in [0, 0.1) is 0 Å². The Morgan fingerprint density at radius 1 is 1.41 bits per heavy atom. The van der Waals surface area contributed by atoms with Crippen LogP contribution in [0.5, 0.6) is 0 Å². The minimum Gasteiger partial charge on any atom is -0.316 e. The van der Waals surface area contributed by atoms with Crippen molar-refractivity contribution in [1.82, 2.24) is 5.27 Å². The molecule has 1 amide bonds. The van der Waals surface area contributed by atoms with Crippen molar-refractivity contribution in [1.29, 1.82) is 0 Å². The first-order valence-corrected chi connectivity index (χ1v) is 5.10. The molecule has 0 bridgehead atoms. The third kappa shape index (κ3) is 2.36. The van der Waals surface area contributed by atoms with E-state index in [9.17, 15) is 9.59 Å². The fourth-order valence-corrected chi connectivity index (χ4v) is 1.44. The van der Waals surface area contributed by atoms with Crippen molar-refractivity contribution in [3.63, 3.8) is 0 Å². The van der Waals surface area contributed by atoms with Gasteiger partial charge in [0.1, 0.15) is 0 Å². The van der Waals surface area contributed by atoms with Crippen molar-refractivity contribution in [2.45, 2.75) is 0 Å². The monoisotopic (exact) mass is 254 g/mol. The summed E-state index contributed by atoms with van der Waals surface area (Å²) in [5.74, 6) is -0.551. The van der Waals surface area contributed by atoms with Gasteiger partial charge in [-0.05, 0) is 29.5 Å². The maximum atomic E-state index is 11.8. The molecule has 1 aromatic carbocycles. The molecule has 88 valence electrons.